The van der Waals surface area contributed by atoms with Gasteiger partial charge in [-0.25, -0.2) is 13.4 Å². The zero-order valence-electron chi connectivity index (χ0n) is 20.5. The minimum atomic E-state index is -3.48. The number of aryl methyl sites for hydroxylation is 1. The zero-order chi connectivity index (χ0) is 26.3. The fourth-order valence-electron chi connectivity index (χ4n) is 3.93. The highest BCUT2D eigenvalue weighted by atomic mass is 32.2. The molecular formula is C26H29N3O6S2. The summed E-state index contributed by atoms with van der Waals surface area (Å²) in [6.07, 6.45) is 3.27. The van der Waals surface area contributed by atoms with Crippen LogP contribution in [-0.2, 0) is 30.8 Å². The van der Waals surface area contributed by atoms with Crippen LogP contribution in [0.1, 0.15) is 31.2 Å². The number of piperidine rings is 1. The number of ether oxygens (including phenoxy) is 2. The number of aromatic nitrogens is 1. The number of amides is 1. The van der Waals surface area contributed by atoms with E-state index in [1.165, 1.54) is 15.6 Å². The van der Waals surface area contributed by atoms with Gasteiger partial charge in [-0.15, -0.1) is 11.3 Å². The van der Waals surface area contributed by atoms with E-state index < -0.39 is 28.5 Å². The maximum atomic E-state index is 12.7. The van der Waals surface area contributed by atoms with Crippen molar-refractivity contribution in [2.75, 3.05) is 32.1 Å². The van der Waals surface area contributed by atoms with Crippen molar-refractivity contribution < 1.29 is 27.5 Å². The lowest BCUT2D eigenvalue weighted by molar-refractivity contribution is -0.147. The second-order valence-corrected chi connectivity index (χ2v) is 11.4. The Bertz CT molecular complexity index is 1320. The molecule has 37 heavy (non-hydrogen) atoms. The van der Waals surface area contributed by atoms with E-state index in [4.69, 9.17) is 9.47 Å². The van der Waals surface area contributed by atoms with Crippen molar-refractivity contribution in [3.05, 3.63) is 59.5 Å². The molecule has 11 heteroatoms. The Morgan fingerprint density at radius 2 is 1.73 bits per heavy atom. The monoisotopic (exact) mass is 543 g/mol. The van der Waals surface area contributed by atoms with Crippen LogP contribution in [0.3, 0.4) is 0 Å². The third kappa shape index (κ3) is 7.15. The van der Waals surface area contributed by atoms with Crippen LogP contribution in [0.25, 0.3) is 11.3 Å². The van der Waals surface area contributed by atoms with Gasteiger partial charge in [0.1, 0.15) is 5.75 Å². The molecule has 1 saturated heterocycles. The maximum absolute atomic E-state index is 12.7. The first kappa shape index (κ1) is 26.8. The van der Waals surface area contributed by atoms with E-state index >= 15 is 0 Å². The Labute approximate surface area is 220 Å². The highest BCUT2D eigenvalue weighted by Crippen LogP contribution is 2.26. The van der Waals surface area contributed by atoms with Gasteiger partial charge >= 0.3 is 5.97 Å². The Hall–Kier alpha value is -3.28. The number of hydrogen-bond donors (Lipinski definition) is 1. The fourth-order valence-corrected chi connectivity index (χ4v) is 6.18. The molecule has 0 bridgehead atoms. The van der Waals surface area contributed by atoms with Crippen molar-refractivity contribution in [2.45, 2.75) is 37.0 Å². The number of thiazole rings is 1. The maximum Gasteiger partial charge on any atom is 0.306 e. The summed E-state index contributed by atoms with van der Waals surface area (Å²) < 4.78 is 37.3. The molecule has 0 aliphatic carbocycles. The van der Waals surface area contributed by atoms with Gasteiger partial charge in [-0.2, -0.15) is 4.31 Å². The smallest absolute Gasteiger partial charge is 0.306 e. The average Bonchev–Trinajstić information content (AvgIpc) is 3.40. The van der Waals surface area contributed by atoms with Gasteiger partial charge in [-0.3, -0.25) is 14.9 Å². The highest BCUT2D eigenvalue weighted by molar-refractivity contribution is 7.89. The Morgan fingerprint density at radius 1 is 1.03 bits per heavy atom. The third-order valence-corrected chi connectivity index (χ3v) is 8.67. The van der Waals surface area contributed by atoms with Gasteiger partial charge in [0.2, 0.25) is 10.0 Å². The lowest BCUT2D eigenvalue weighted by Crippen LogP contribution is -2.35. The van der Waals surface area contributed by atoms with Gasteiger partial charge in [0.15, 0.2) is 11.7 Å². The first-order valence-corrected chi connectivity index (χ1v) is 14.3. The normalized spacial score (nSPS) is 14.2. The summed E-state index contributed by atoms with van der Waals surface area (Å²) in [5.74, 6) is -0.249. The molecule has 2 heterocycles. The van der Waals surface area contributed by atoms with E-state index in [1.54, 1.807) is 31.4 Å². The van der Waals surface area contributed by atoms with Crippen LogP contribution < -0.4 is 10.1 Å². The Balaban J connectivity index is 1.20. The number of esters is 1. The lowest BCUT2D eigenvalue weighted by atomic mass is 10.1. The molecule has 0 saturated carbocycles. The van der Waals surface area contributed by atoms with Crippen molar-refractivity contribution in [2.24, 2.45) is 0 Å². The van der Waals surface area contributed by atoms with E-state index in [-0.39, 0.29) is 11.3 Å². The Morgan fingerprint density at radius 3 is 2.41 bits per heavy atom. The minimum absolute atomic E-state index is 0.0738. The third-order valence-electron chi connectivity index (χ3n) is 5.99. The number of benzene rings is 2. The average molecular weight is 544 g/mol. The number of sulfonamides is 1. The molecule has 1 amide bonds. The van der Waals surface area contributed by atoms with E-state index in [0.29, 0.717) is 24.6 Å². The van der Waals surface area contributed by atoms with Crippen molar-refractivity contribution in [3.63, 3.8) is 0 Å². The molecule has 196 valence electrons. The molecule has 4 rings (SSSR count). The van der Waals surface area contributed by atoms with Crippen LogP contribution in [-0.4, -0.2) is 56.4 Å². The molecule has 0 spiro atoms. The van der Waals surface area contributed by atoms with E-state index in [1.807, 2.05) is 29.6 Å². The molecule has 9 nitrogen and oxygen atoms in total. The molecule has 3 aromatic rings. The SMILES string of the molecule is COc1ccc(-c2csc(NC(=O)COC(=O)CCc3ccc(S(=O)(=O)N4CCCCC4)cc3)n2)cc1. The topological polar surface area (TPSA) is 115 Å². The van der Waals surface area contributed by atoms with Crippen molar-refractivity contribution in [1.82, 2.24) is 9.29 Å². The number of anilines is 1. The molecule has 1 N–H and O–H groups in total. The highest BCUT2D eigenvalue weighted by Gasteiger charge is 2.25. The summed E-state index contributed by atoms with van der Waals surface area (Å²) in [5, 5.41) is 4.87. The largest absolute Gasteiger partial charge is 0.497 e. The predicted octanol–water partition coefficient (Wildman–Crippen LogP) is 4.11. The minimum Gasteiger partial charge on any atom is -0.497 e. The van der Waals surface area contributed by atoms with Gasteiger partial charge in [0, 0.05) is 30.5 Å². The first-order chi connectivity index (χ1) is 17.8. The molecule has 1 aliphatic heterocycles. The molecule has 1 aliphatic rings. The quantitative estimate of drug-likeness (QED) is 0.383. The van der Waals surface area contributed by atoms with Crippen molar-refractivity contribution in [3.8, 4) is 17.0 Å². The first-order valence-electron chi connectivity index (χ1n) is 12.0. The van der Waals surface area contributed by atoms with Gasteiger partial charge < -0.3 is 9.47 Å². The van der Waals surface area contributed by atoms with Gasteiger partial charge in [-0.05, 0) is 61.2 Å². The second-order valence-electron chi connectivity index (χ2n) is 8.58. The fraction of sp³-hybridized carbons (Fsp3) is 0.346. The number of carbonyl (C=O) groups excluding carboxylic acids is 2. The van der Waals surface area contributed by atoms with Crippen molar-refractivity contribution >= 4 is 38.4 Å². The van der Waals surface area contributed by atoms with Gasteiger partial charge in [-0.1, -0.05) is 18.6 Å². The van der Waals surface area contributed by atoms with E-state index in [2.05, 4.69) is 10.3 Å². The molecule has 0 radical (unpaired) electrons. The summed E-state index contributed by atoms with van der Waals surface area (Å²) in [6, 6.07) is 14.0. The molecular weight excluding hydrogens is 514 g/mol. The summed E-state index contributed by atoms with van der Waals surface area (Å²) in [6.45, 7) is 0.690. The second kappa shape index (κ2) is 12.3. The van der Waals surface area contributed by atoms with Crippen LogP contribution in [0.5, 0.6) is 5.75 Å². The lowest BCUT2D eigenvalue weighted by Gasteiger charge is -2.25. The van der Waals surface area contributed by atoms with Crippen LogP contribution in [0.2, 0.25) is 0 Å². The van der Waals surface area contributed by atoms with Crippen molar-refractivity contribution in [1.29, 1.82) is 0 Å². The van der Waals surface area contributed by atoms with E-state index in [0.717, 1.165) is 41.8 Å². The number of hydrogen-bond acceptors (Lipinski definition) is 8. The summed E-state index contributed by atoms with van der Waals surface area (Å²) in [5.41, 5.74) is 2.42. The van der Waals surface area contributed by atoms with Gasteiger partial charge in [0.05, 0.1) is 17.7 Å². The number of nitrogens with zero attached hydrogens (tertiary/aromatic N) is 2. The summed E-state index contributed by atoms with van der Waals surface area (Å²) in [7, 11) is -1.89. The molecule has 0 atom stereocenters. The summed E-state index contributed by atoms with van der Waals surface area (Å²) in [4.78, 5) is 29.0. The van der Waals surface area contributed by atoms with E-state index in [9.17, 15) is 18.0 Å². The number of nitrogens with one attached hydrogen (secondary N) is 1. The summed E-state index contributed by atoms with van der Waals surface area (Å²) >= 11 is 1.28. The molecule has 1 fully saturated rings. The number of carbonyl (C=O) groups is 2. The van der Waals surface area contributed by atoms with Crippen LogP contribution in [0.4, 0.5) is 5.13 Å². The van der Waals surface area contributed by atoms with Crippen LogP contribution in [0, 0.1) is 0 Å². The van der Waals surface area contributed by atoms with Crippen LogP contribution in [0.15, 0.2) is 58.8 Å². The number of rotatable bonds is 10. The zero-order valence-corrected chi connectivity index (χ0v) is 22.1. The molecule has 0 unspecified atom stereocenters. The Kier molecular flexibility index (Phi) is 8.91. The van der Waals surface area contributed by atoms with Gasteiger partial charge in [0.25, 0.3) is 5.91 Å². The molecule has 2 aromatic carbocycles. The molecule has 1 aromatic heterocycles. The van der Waals surface area contributed by atoms with Crippen LogP contribution >= 0.6 is 11.3 Å². The predicted molar refractivity (Wildman–Crippen MR) is 141 cm³/mol. The number of methoxy groups -OCH3 is 1. The standard InChI is InChI=1S/C26H29N3O6S2/c1-34-21-10-8-20(9-11-21)23-18-36-26(27-23)28-24(30)17-35-25(31)14-7-19-5-12-22(13-6-19)37(32,33)29-15-3-2-4-16-29/h5-6,8-13,18H,2-4,7,14-17H2,1H3,(H,27,28,30).